The molecule has 0 unspecified atom stereocenters. The molecule has 0 saturated heterocycles. The highest BCUT2D eigenvalue weighted by atomic mass is 16.1. The van der Waals surface area contributed by atoms with Crippen LogP contribution in [0.1, 0.15) is 22.8 Å². The van der Waals surface area contributed by atoms with E-state index in [1.807, 2.05) is 12.1 Å². The maximum absolute atomic E-state index is 11.2. The highest BCUT2D eigenvalue weighted by Gasteiger charge is 2.03. The van der Waals surface area contributed by atoms with E-state index in [-0.39, 0.29) is 5.78 Å². The van der Waals surface area contributed by atoms with Gasteiger partial charge in [-0.15, -0.1) is 0 Å². The predicted molar refractivity (Wildman–Crippen MR) is 64.4 cm³/mol. The van der Waals surface area contributed by atoms with Crippen LogP contribution in [0, 0.1) is 11.3 Å². The number of pyridine rings is 1. The lowest BCUT2D eigenvalue weighted by molar-refractivity contribution is 0.101. The molecule has 0 amide bonds. The van der Waals surface area contributed by atoms with E-state index in [0.717, 1.165) is 11.1 Å². The van der Waals surface area contributed by atoms with Gasteiger partial charge >= 0.3 is 0 Å². The summed E-state index contributed by atoms with van der Waals surface area (Å²) in [6.45, 7) is 1.51. The molecule has 0 N–H and O–H groups in total. The maximum Gasteiger partial charge on any atom is 0.161 e. The minimum atomic E-state index is -0.00649. The molecule has 3 nitrogen and oxygen atoms in total. The quantitative estimate of drug-likeness (QED) is 0.734. The maximum atomic E-state index is 11.2. The van der Waals surface area contributed by atoms with Gasteiger partial charge in [-0.05, 0) is 30.7 Å². The Morgan fingerprint density at radius 3 is 2.47 bits per heavy atom. The molecule has 0 radical (unpaired) electrons. The fourth-order valence-electron chi connectivity index (χ4n) is 1.53. The molecule has 2 rings (SSSR count). The van der Waals surface area contributed by atoms with Gasteiger partial charge in [-0.2, -0.15) is 5.26 Å². The number of rotatable bonds is 2. The molecule has 0 spiro atoms. The van der Waals surface area contributed by atoms with Crippen LogP contribution in [0.3, 0.4) is 0 Å². The number of benzene rings is 1. The number of nitrogens with zero attached hydrogens (tertiary/aromatic N) is 2. The summed E-state index contributed by atoms with van der Waals surface area (Å²) < 4.78 is 0. The highest BCUT2D eigenvalue weighted by Crippen LogP contribution is 2.19. The van der Waals surface area contributed by atoms with Crippen LogP contribution in [-0.4, -0.2) is 10.8 Å². The van der Waals surface area contributed by atoms with Crippen molar-refractivity contribution in [1.29, 1.82) is 5.26 Å². The number of aromatic nitrogens is 1. The van der Waals surface area contributed by atoms with Gasteiger partial charge in [0.25, 0.3) is 0 Å². The Balaban J connectivity index is 2.42. The number of hydrogen-bond acceptors (Lipinski definition) is 3. The molecule has 0 fully saturated rings. The van der Waals surface area contributed by atoms with Crippen molar-refractivity contribution < 1.29 is 4.79 Å². The minimum absolute atomic E-state index is 0.00649. The average Bonchev–Trinajstić information content (AvgIpc) is 2.39. The zero-order valence-electron chi connectivity index (χ0n) is 9.34. The Hall–Kier alpha value is -2.47. The van der Waals surface area contributed by atoms with Gasteiger partial charge in [-0.1, -0.05) is 12.1 Å². The Bertz CT molecular complexity index is 594. The zero-order valence-corrected chi connectivity index (χ0v) is 9.34. The number of hydrogen-bond donors (Lipinski definition) is 0. The standard InChI is InChI=1S/C14H10N2O/c1-10(17)13-6-14(9-16-8-13)12-4-2-11(7-15)3-5-12/h2-6,8-9H,1H3. The summed E-state index contributed by atoms with van der Waals surface area (Å²) in [5, 5.41) is 8.71. The van der Waals surface area contributed by atoms with E-state index in [4.69, 9.17) is 5.26 Å². The van der Waals surface area contributed by atoms with Crippen molar-refractivity contribution in [2.75, 3.05) is 0 Å². The van der Waals surface area contributed by atoms with E-state index in [9.17, 15) is 4.79 Å². The molecule has 0 aliphatic heterocycles. The molecular weight excluding hydrogens is 212 g/mol. The van der Waals surface area contributed by atoms with E-state index < -0.39 is 0 Å². The van der Waals surface area contributed by atoms with Crippen molar-refractivity contribution in [2.45, 2.75) is 6.92 Å². The van der Waals surface area contributed by atoms with Crippen LogP contribution in [0.25, 0.3) is 11.1 Å². The lowest BCUT2D eigenvalue weighted by Crippen LogP contribution is -1.93. The SMILES string of the molecule is CC(=O)c1cncc(-c2ccc(C#N)cc2)c1. The van der Waals surface area contributed by atoms with Gasteiger partial charge < -0.3 is 0 Å². The molecule has 82 valence electrons. The lowest BCUT2D eigenvalue weighted by Gasteiger charge is -2.02. The number of carbonyl (C=O) groups excluding carboxylic acids is 1. The molecule has 17 heavy (non-hydrogen) atoms. The third-order valence-corrected chi connectivity index (χ3v) is 2.49. The van der Waals surface area contributed by atoms with Crippen molar-refractivity contribution in [2.24, 2.45) is 0 Å². The van der Waals surface area contributed by atoms with Gasteiger partial charge in [0.05, 0.1) is 11.6 Å². The van der Waals surface area contributed by atoms with Crippen LogP contribution in [0.4, 0.5) is 0 Å². The van der Waals surface area contributed by atoms with Gasteiger partial charge in [0.2, 0.25) is 0 Å². The number of carbonyl (C=O) groups is 1. The van der Waals surface area contributed by atoms with E-state index in [1.165, 1.54) is 6.92 Å². The molecule has 1 aromatic carbocycles. The normalized spacial score (nSPS) is 9.65. The Morgan fingerprint density at radius 2 is 1.88 bits per heavy atom. The van der Waals surface area contributed by atoms with Gasteiger partial charge in [0.15, 0.2) is 5.78 Å². The Kier molecular flexibility index (Phi) is 2.97. The van der Waals surface area contributed by atoms with Gasteiger partial charge in [-0.25, -0.2) is 0 Å². The average molecular weight is 222 g/mol. The van der Waals surface area contributed by atoms with E-state index in [1.54, 1.807) is 30.6 Å². The Labute approximate surface area is 99.4 Å². The molecule has 1 heterocycles. The van der Waals surface area contributed by atoms with Crippen molar-refractivity contribution in [3.63, 3.8) is 0 Å². The van der Waals surface area contributed by atoms with Crippen LogP contribution in [0.2, 0.25) is 0 Å². The van der Waals surface area contributed by atoms with Crippen LogP contribution >= 0.6 is 0 Å². The van der Waals surface area contributed by atoms with Gasteiger partial charge in [0, 0.05) is 23.5 Å². The zero-order chi connectivity index (χ0) is 12.3. The number of nitriles is 1. The third kappa shape index (κ3) is 2.37. The first kappa shape index (κ1) is 11.0. The first-order valence-corrected chi connectivity index (χ1v) is 5.17. The van der Waals surface area contributed by atoms with E-state index >= 15 is 0 Å². The second-order valence-corrected chi connectivity index (χ2v) is 3.71. The van der Waals surface area contributed by atoms with Gasteiger partial charge in [-0.3, -0.25) is 9.78 Å². The summed E-state index contributed by atoms with van der Waals surface area (Å²) in [7, 11) is 0. The Morgan fingerprint density at radius 1 is 1.18 bits per heavy atom. The lowest BCUT2D eigenvalue weighted by atomic mass is 10.0. The molecule has 0 bridgehead atoms. The van der Waals surface area contributed by atoms with E-state index in [2.05, 4.69) is 11.1 Å². The van der Waals surface area contributed by atoms with Gasteiger partial charge in [0.1, 0.15) is 0 Å². The smallest absolute Gasteiger partial charge is 0.161 e. The summed E-state index contributed by atoms with van der Waals surface area (Å²) in [5.41, 5.74) is 3.03. The summed E-state index contributed by atoms with van der Waals surface area (Å²) >= 11 is 0. The summed E-state index contributed by atoms with van der Waals surface area (Å²) in [5.74, 6) is -0.00649. The van der Waals surface area contributed by atoms with Crippen LogP contribution < -0.4 is 0 Å². The van der Waals surface area contributed by atoms with Crippen LogP contribution in [0.15, 0.2) is 42.7 Å². The molecule has 2 aromatic rings. The molecule has 1 aromatic heterocycles. The topological polar surface area (TPSA) is 53.8 Å². The predicted octanol–water partition coefficient (Wildman–Crippen LogP) is 2.82. The fraction of sp³-hybridized carbons (Fsp3) is 0.0714. The van der Waals surface area contributed by atoms with Crippen LogP contribution in [0.5, 0.6) is 0 Å². The molecule has 0 aliphatic rings. The fourth-order valence-corrected chi connectivity index (χ4v) is 1.53. The van der Waals surface area contributed by atoms with Crippen molar-refractivity contribution in [1.82, 2.24) is 4.98 Å². The molecular formula is C14H10N2O. The third-order valence-electron chi connectivity index (χ3n) is 2.49. The molecule has 0 aliphatic carbocycles. The first-order valence-electron chi connectivity index (χ1n) is 5.17. The summed E-state index contributed by atoms with van der Waals surface area (Å²) in [6, 6.07) is 11.1. The van der Waals surface area contributed by atoms with Crippen molar-refractivity contribution in [3.05, 3.63) is 53.9 Å². The minimum Gasteiger partial charge on any atom is -0.294 e. The first-order chi connectivity index (χ1) is 8.20. The molecule has 3 heteroatoms. The van der Waals surface area contributed by atoms with Crippen molar-refractivity contribution >= 4 is 5.78 Å². The largest absolute Gasteiger partial charge is 0.294 e. The summed E-state index contributed by atoms with van der Waals surface area (Å²) in [4.78, 5) is 15.3. The second kappa shape index (κ2) is 4.58. The van der Waals surface area contributed by atoms with Crippen molar-refractivity contribution in [3.8, 4) is 17.2 Å². The van der Waals surface area contributed by atoms with Crippen LogP contribution in [-0.2, 0) is 0 Å². The van der Waals surface area contributed by atoms with E-state index in [0.29, 0.717) is 11.1 Å². The summed E-state index contributed by atoms with van der Waals surface area (Å²) in [6.07, 6.45) is 3.25. The molecule has 0 saturated carbocycles. The monoisotopic (exact) mass is 222 g/mol. The second-order valence-electron chi connectivity index (χ2n) is 3.71. The number of ketones is 1. The number of Topliss-reactive ketones (excluding diaryl/α,β-unsaturated/α-hetero) is 1. The highest BCUT2D eigenvalue weighted by molar-refractivity contribution is 5.94. The molecule has 0 atom stereocenters.